The molecule has 1 unspecified atom stereocenters. The maximum absolute atomic E-state index is 9.83. The third-order valence-corrected chi connectivity index (χ3v) is 1.04. The molecule has 0 aliphatic carbocycles. The Bertz CT molecular complexity index is 64.6. The second kappa shape index (κ2) is 2.50. The molecule has 2 N–H and O–H groups in total. The normalized spacial score (nSPS) is 13.7. The summed E-state index contributed by atoms with van der Waals surface area (Å²) in [7, 11) is 0. The van der Waals surface area contributed by atoms with Crippen LogP contribution in [0.15, 0.2) is 0 Å². The molecule has 1 atom stereocenters. The molecule has 0 aliphatic rings. The molecule has 0 aromatic heterocycles. The Morgan fingerprint density at radius 1 is 2.00 bits per heavy atom. The summed E-state index contributed by atoms with van der Waals surface area (Å²) in [6, 6.07) is 0. The summed E-state index contributed by atoms with van der Waals surface area (Å²) in [5.74, 6) is -0.404. The van der Waals surface area contributed by atoms with E-state index in [1.54, 1.807) is 0 Å². The number of hydrogen-bond acceptors (Lipinski definition) is 2. The molecule has 0 saturated heterocycles. The molecule has 0 aromatic carbocycles. The Balaban J connectivity index is 3.26. The fourth-order valence-corrected chi connectivity index (χ4v) is 0. The predicted molar refractivity (Wildman–Crippen MR) is 29.1 cm³/mol. The minimum absolute atomic E-state index is 0.377. The summed E-state index contributed by atoms with van der Waals surface area (Å²) < 4.78 is -0.377. The van der Waals surface area contributed by atoms with Crippen LogP contribution in [0.3, 0.4) is 0 Å². The van der Waals surface area contributed by atoms with Crippen molar-refractivity contribution in [3.63, 3.8) is 0 Å². The van der Waals surface area contributed by atoms with Crippen LogP contribution in [0.4, 0.5) is 0 Å². The first-order valence-electron chi connectivity index (χ1n) is 1.30. The van der Waals surface area contributed by atoms with E-state index in [4.69, 9.17) is 5.73 Å². The van der Waals surface area contributed by atoms with Crippen LogP contribution in [0.5, 0.6) is 0 Å². The van der Waals surface area contributed by atoms with Gasteiger partial charge >= 0.3 is 49.2 Å². The molecule has 4 heteroatoms. The first-order valence-corrected chi connectivity index (χ1v) is 2.90. The number of hydrogen-bond donors (Lipinski definition) is 2. The molecule has 2 nitrogen and oxygen atoms in total. The van der Waals surface area contributed by atoms with Gasteiger partial charge in [-0.2, -0.15) is 0 Å². The van der Waals surface area contributed by atoms with Crippen LogP contribution in [0, 0.1) is 0 Å². The van der Waals surface area contributed by atoms with Crippen LogP contribution in [0.1, 0.15) is 0 Å². The number of primary amides is 1. The van der Waals surface area contributed by atoms with Crippen molar-refractivity contribution in [3.8, 4) is 0 Å². The Hall–Kier alpha value is 0.339. The quantitative estimate of drug-likeness (QED) is 0.370. The van der Waals surface area contributed by atoms with Crippen molar-refractivity contribution in [2.45, 2.75) is 4.15 Å². The summed E-state index contributed by atoms with van der Waals surface area (Å²) in [5, 5.41) is 0. The molecule has 6 heavy (non-hydrogen) atoms. The SMILES string of the molecule is NC(=O)C(S)[SeH]. The maximum atomic E-state index is 9.83. The number of carbonyl (C=O) groups is 1. The van der Waals surface area contributed by atoms with Gasteiger partial charge in [0.25, 0.3) is 0 Å². The molecule has 0 radical (unpaired) electrons. The van der Waals surface area contributed by atoms with E-state index < -0.39 is 5.91 Å². The van der Waals surface area contributed by atoms with Gasteiger partial charge < -0.3 is 0 Å². The van der Waals surface area contributed by atoms with Crippen LogP contribution < -0.4 is 5.73 Å². The van der Waals surface area contributed by atoms with Crippen LogP contribution in [-0.4, -0.2) is 26.1 Å². The number of nitrogens with two attached hydrogens (primary N) is 1. The summed E-state index contributed by atoms with van der Waals surface area (Å²) >= 11 is 5.72. The summed E-state index contributed by atoms with van der Waals surface area (Å²) in [6.45, 7) is 0. The van der Waals surface area contributed by atoms with Crippen molar-refractivity contribution in [1.82, 2.24) is 0 Å². The minimum atomic E-state index is -0.404. The molecule has 0 spiro atoms. The third-order valence-electron chi connectivity index (χ3n) is 0.254. The summed E-state index contributed by atoms with van der Waals surface area (Å²) in [5.41, 5.74) is 4.70. The van der Waals surface area contributed by atoms with Gasteiger partial charge in [0.05, 0.1) is 0 Å². The number of carbonyl (C=O) groups excluding carboxylic acids is 1. The van der Waals surface area contributed by atoms with Crippen molar-refractivity contribution < 1.29 is 4.79 Å². The predicted octanol–water partition coefficient (Wildman–Crippen LogP) is -1.37. The molecular formula is C2H5NOSSe. The molecule has 36 valence electrons. The van der Waals surface area contributed by atoms with E-state index in [9.17, 15) is 4.79 Å². The topological polar surface area (TPSA) is 43.1 Å². The van der Waals surface area contributed by atoms with Gasteiger partial charge in [0.2, 0.25) is 0 Å². The van der Waals surface area contributed by atoms with E-state index >= 15 is 0 Å². The number of amides is 1. The van der Waals surface area contributed by atoms with E-state index in [1.165, 1.54) is 0 Å². The fourth-order valence-electron chi connectivity index (χ4n) is 0. The van der Waals surface area contributed by atoms with Gasteiger partial charge in [0.15, 0.2) is 0 Å². The summed E-state index contributed by atoms with van der Waals surface area (Å²) in [6.07, 6.45) is 0. The molecule has 0 heterocycles. The van der Waals surface area contributed by atoms with Crippen molar-refractivity contribution >= 4 is 34.5 Å². The van der Waals surface area contributed by atoms with Crippen LogP contribution in [0.2, 0.25) is 0 Å². The molecular weight excluding hydrogens is 165 g/mol. The second-order valence-corrected chi connectivity index (χ2v) is 3.26. The average Bonchev–Trinajstić information content (AvgIpc) is 1.36. The molecule has 0 saturated carbocycles. The zero-order valence-electron chi connectivity index (χ0n) is 2.96. The second-order valence-electron chi connectivity index (χ2n) is 0.776. The van der Waals surface area contributed by atoms with Crippen LogP contribution in [-0.2, 0) is 4.79 Å². The van der Waals surface area contributed by atoms with Gasteiger partial charge in [-0.05, 0) is 0 Å². The van der Waals surface area contributed by atoms with Crippen molar-refractivity contribution in [3.05, 3.63) is 0 Å². The molecule has 0 bridgehead atoms. The molecule has 0 aromatic rings. The molecule has 0 aliphatic heterocycles. The fraction of sp³-hybridized carbons (Fsp3) is 0.500. The van der Waals surface area contributed by atoms with Gasteiger partial charge in [-0.3, -0.25) is 0 Å². The summed E-state index contributed by atoms with van der Waals surface area (Å²) in [4.78, 5) is 9.83. The third kappa shape index (κ3) is 2.57. The zero-order chi connectivity index (χ0) is 5.15. The Morgan fingerprint density at radius 3 is 2.17 bits per heavy atom. The van der Waals surface area contributed by atoms with Gasteiger partial charge in [-0.25, -0.2) is 0 Å². The Labute approximate surface area is 49.7 Å². The number of rotatable bonds is 1. The Kier molecular flexibility index (Phi) is 2.64. The molecule has 1 amide bonds. The van der Waals surface area contributed by atoms with Crippen molar-refractivity contribution in [1.29, 1.82) is 0 Å². The van der Waals surface area contributed by atoms with Gasteiger partial charge in [-0.1, -0.05) is 0 Å². The van der Waals surface area contributed by atoms with Crippen molar-refractivity contribution in [2.75, 3.05) is 0 Å². The van der Waals surface area contributed by atoms with E-state index in [0.717, 1.165) is 0 Å². The first-order chi connectivity index (χ1) is 2.64. The van der Waals surface area contributed by atoms with Crippen LogP contribution in [0.25, 0.3) is 0 Å². The van der Waals surface area contributed by atoms with E-state index in [-0.39, 0.29) is 4.15 Å². The molecule has 0 rings (SSSR count). The molecule has 0 fully saturated rings. The monoisotopic (exact) mass is 171 g/mol. The zero-order valence-corrected chi connectivity index (χ0v) is 5.73. The van der Waals surface area contributed by atoms with Crippen molar-refractivity contribution in [2.24, 2.45) is 5.73 Å². The average molecular weight is 170 g/mol. The van der Waals surface area contributed by atoms with E-state index in [2.05, 4.69) is 12.6 Å². The Morgan fingerprint density at radius 2 is 2.17 bits per heavy atom. The van der Waals surface area contributed by atoms with E-state index in [1.807, 2.05) is 16.0 Å². The number of thiol groups is 1. The van der Waals surface area contributed by atoms with Crippen LogP contribution >= 0.6 is 12.6 Å². The van der Waals surface area contributed by atoms with Gasteiger partial charge in [0, 0.05) is 0 Å². The van der Waals surface area contributed by atoms with E-state index in [0.29, 0.717) is 0 Å². The standard InChI is InChI=1S/C2H5NOSSe/c3-1(4)2(5)6/h2,5-6H,(H2,3,4). The first kappa shape index (κ1) is 6.34. The van der Waals surface area contributed by atoms with Gasteiger partial charge in [-0.15, -0.1) is 0 Å². The van der Waals surface area contributed by atoms with Gasteiger partial charge in [0.1, 0.15) is 0 Å².